The van der Waals surface area contributed by atoms with Crippen molar-refractivity contribution >= 4 is 33.2 Å². The number of anilines is 1. The molecule has 0 unspecified atom stereocenters. The van der Waals surface area contributed by atoms with Crippen LogP contribution in [0.3, 0.4) is 0 Å². The van der Waals surface area contributed by atoms with E-state index in [1.165, 1.54) is 16.4 Å². The zero-order valence-corrected chi connectivity index (χ0v) is 16.6. The van der Waals surface area contributed by atoms with Crippen LogP contribution in [0, 0.1) is 0 Å². The molecule has 5 nitrogen and oxygen atoms in total. The van der Waals surface area contributed by atoms with E-state index in [2.05, 4.69) is 0 Å². The minimum Gasteiger partial charge on any atom is -0.305 e. The van der Waals surface area contributed by atoms with Crippen molar-refractivity contribution in [1.29, 1.82) is 0 Å². The summed E-state index contributed by atoms with van der Waals surface area (Å²) in [5.41, 5.74) is 2.34. The topological polar surface area (TPSA) is 57.7 Å². The number of nitrogens with zero attached hydrogens (tertiary/aromatic N) is 2. The number of halogens is 1. The molecule has 0 radical (unpaired) electrons. The molecule has 27 heavy (non-hydrogen) atoms. The molecule has 1 saturated heterocycles. The first kappa shape index (κ1) is 18.5. The fourth-order valence-corrected chi connectivity index (χ4v) is 5.93. The second kappa shape index (κ2) is 6.93. The summed E-state index contributed by atoms with van der Waals surface area (Å²) >= 11 is 6.20. The number of amides is 1. The van der Waals surface area contributed by atoms with Gasteiger partial charge in [0.2, 0.25) is 10.0 Å². The summed E-state index contributed by atoms with van der Waals surface area (Å²) in [6, 6.07) is 12.4. The van der Waals surface area contributed by atoms with Gasteiger partial charge in [0.15, 0.2) is 0 Å². The summed E-state index contributed by atoms with van der Waals surface area (Å²) in [5.74, 6) is -0.206. The molecular weight excluding hydrogens is 384 g/mol. The Bertz CT molecular complexity index is 1000. The lowest BCUT2D eigenvalue weighted by Gasteiger charge is -2.23. The van der Waals surface area contributed by atoms with E-state index in [4.69, 9.17) is 11.6 Å². The molecule has 0 aliphatic carbocycles. The molecule has 0 bridgehead atoms. The molecule has 2 aromatic rings. The fraction of sp³-hybridized carbons (Fsp3) is 0.350. The van der Waals surface area contributed by atoms with Crippen LogP contribution in [0.25, 0.3) is 0 Å². The molecular formula is C20H21ClN2O3S. The normalized spacial score (nSPS) is 20.1. The fourth-order valence-electron chi connectivity index (χ4n) is 3.92. The highest BCUT2D eigenvalue weighted by atomic mass is 35.5. The third-order valence-electron chi connectivity index (χ3n) is 5.29. The first-order valence-corrected chi connectivity index (χ1v) is 10.9. The molecule has 0 spiro atoms. The highest BCUT2D eigenvalue weighted by Crippen LogP contribution is 2.34. The Morgan fingerprint density at radius 3 is 2.56 bits per heavy atom. The Morgan fingerprint density at radius 2 is 1.81 bits per heavy atom. The Hall–Kier alpha value is -1.89. The molecule has 2 heterocycles. The molecule has 2 aliphatic heterocycles. The van der Waals surface area contributed by atoms with Crippen molar-refractivity contribution in [3.63, 3.8) is 0 Å². The molecule has 0 N–H and O–H groups in total. The summed E-state index contributed by atoms with van der Waals surface area (Å²) in [6.07, 6.45) is 2.48. The van der Waals surface area contributed by atoms with Gasteiger partial charge in [-0.3, -0.25) is 4.79 Å². The molecule has 0 saturated carbocycles. The van der Waals surface area contributed by atoms with E-state index in [-0.39, 0.29) is 21.9 Å². The van der Waals surface area contributed by atoms with E-state index in [9.17, 15) is 13.2 Å². The van der Waals surface area contributed by atoms with E-state index in [0.29, 0.717) is 18.7 Å². The number of carbonyl (C=O) groups excluding carboxylic acids is 1. The first-order valence-electron chi connectivity index (χ1n) is 9.11. The summed E-state index contributed by atoms with van der Waals surface area (Å²) in [5, 5.41) is 0.147. The van der Waals surface area contributed by atoms with Crippen molar-refractivity contribution in [2.24, 2.45) is 0 Å². The molecule has 2 aromatic carbocycles. The second-order valence-corrected chi connectivity index (χ2v) is 9.43. The van der Waals surface area contributed by atoms with Gasteiger partial charge in [0.05, 0.1) is 5.02 Å². The lowest BCUT2D eigenvalue weighted by molar-refractivity contribution is 0.0981. The SMILES string of the molecule is C[C@H]1Cc2ccccc2N1C(=O)c1ccc(Cl)c(S(=O)(=O)N2CCCC2)c1. The average molecular weight is 405 g/mol. The Balaban J connectivity index is 1.72. The molecule has 1 atom stereocenters. The molecule has 0 aromatic heterocycles. The van der Waals surface area contributed by atoms with Gasteiger partial charge in [0, 0.05) is 30.4 Å². The van der Waals surface area contributed by atoms with Gasteiger partial charge in [0.1, 0.15) is 4.90 Å². The first-order chi connectivity index (χ1) is 12.9. The maximum absolute atomic E-state index is 13.2. The lowest BCUT2D eigenvalue weighted by Crippen LogP contribution is -2.36. The summed E-state index contributed by atoms with van der Waals surface area (Å²) in [6.45, 7) is 2.98. The maximum Gasteiger partial charge on any atom is 0.258 e. The van der Waals surface area contributed by atoms with Crippen molar-refractivity contribution < 1.29 is 13.2 Å². The van der Waals surface area contributed by atoms with Gasteiger partial charge >= 0.3 is 0 Å². The Morgan fingerprint density at radius 1 is 1.11 bits per heavy atom. The summed E-state index contributed by atoms with van der Waals surface area (Å²) < 4.78 is 27.3. The lowest BCUT2D eigenvalue weighted by atomic mass is 10.1. The molecule has 142 valence electrons. The third-order valence-corrected chi connectivity index (χ3v) is 7.67. The van der Waals surface area contributed by atoms with Gasteiger partial charge in [-0.1, -0.05) is 29.8 Å². The number of para-hydroxylation sites is 1. The van der Waals surface area contributed by atoms with Crippen molar-refractivity contribution in [2.75, 3.05) is 18.0 Å². The zero-order valence-electron chi connectivity index (χ0n) is 15.1. The predicted molar refractivity (Wildman–Crippen MR) is 106 cm³/mol. The second-order valence-electron chi connectivity index (χ2n) is 7.11. The molecule has 4 rings (SSSR count). The molecule has 1 amide bonds. The van der Waals surface area contributed by atoms with E-state index < -0.39 is 10.0 Å². The minimum absolute atomic E-state index is 0.0112. The van der Waals surface area contributed by atoms with Crippen molar-refractivity contribution in [3.8, 4) is 0 Å². The highest BCUT2D eigenvalue weighted by molar-refractivity contribution is 7.89. The van der Waals surface area contributed by atoms with Gasteiger partial charge < -0.3 is 4.90 Å². The van der Waals surface area contributed by atoms with E-state index >= 15 is 0 Å². The summed E-state index contributed by atoms with van der Waals surface area (Å²) in [7, 11) is -3.69. The Kier molecular flexibility index (Phi) is 4.74. The van der Waals surface area contributed by atoms with Crippen LogP contribution in [0.4, 0.5) is 5.69 Å². The number of sulfonamides is 1. The van der Waals surface area contributed by atoms with E-state index in [0.717, 1.165) is 30.5 Å². The largest absolute Gasteiger partial charge is 0.305 e. The van der Waals surface area contributed by atoms with Crippen LogP contribution in [-0.4, -0.2) is 37.8 Å². The van der Waals surface area contributed by atoms with Gasteiger partial charge in [-0.2, -0.15) is 4.31 Å². The average Bonchev–Trinajstić information content (AvgIpc) is 3.29. The number of hydrogen-bond acceptors (Lipinski definition) is 3. The molecule has 1 fully saturated rings. The van der Waals surface area contributed by atoms with Gasteiger partial charge in [-0.15, -0.1) is 0 Å². The van der Waals surface area contributed by atoms with Crippen LogP contribution in [0.15, 0.2) is 47.4 Å². The van der Waals surface area contributed by atoms with E-state index in [1.807, 2.05) is 31.2 Å². The Labute approximate surface area is 164 Å². The number of carbonyl (C=O) groups is 1. The van der Waals surface area contributed by atoms with Crippen LogP contribution in [0.1, 0.15) is 35.7 Å². The van der Waals surface area contributed by atoms with Crippen molar-refractivity contribution in [2.45, 2.75) is 37.1 Å². The number of benzene rings is 2. The van der Waals surface area contributed by atoms with Crippen LogP contribution >= 0.6 is 11.6 Å². The van der Waals surface area contributed by atoms with Crippen LogP contribution in [0.5, 0.6) is 0 Å². The van der Waals surface area contributed by atoms with Crippen LogP contribution in [-0.2, 0) is 16.4 Å². The van der Waals surface area contributed by atoms with Gasteiger partial charge in [-0.05, 0) is 56.0 Å². The van der Waals surface area contributed by atoms with Gasteiger partial charge in [-0.25, -0.2) is 8.42 Å². The smallest absolute Gasteiger partial charge is 0.258 e. The molecule has 7 heteroatoms. The molecule has 2 aliphatic rings. The number of fused-ring (bicyclic) bond motifs is 1. The van der Waals surface area contributed by atoms with Crippen LogP contribution < -0.4 is 4.90 Å². The monoisotopic (exact) mass is 404 g/mol. The van der Waals surface area contributed by atoms with E-state index in [1.54, 1.807) is 11.0 Å². The quantitative estimate of drug-likeness (QED) is 0.783. The van der Waals surface area contributed by atoms with Crippen molar-refractivity contribution in [1.82, 2.24) is 4.31 Å². The van der Waals surface area contributed by atoms with Gasteiger partial charge in [0.25, 0.3) is 5.91 Å². The summed E-state index contributed by atoms with van der Waals surface area (Å²) in [4.78, 5) is 15.0. The predicted octanol–water partition coefficient (Wildman–Crippen LogP) is 3.72. The number of hydrogen-bond donors (Lipinski definition) is 0. The zero-order chi connectivity index (χ0) is 19.2. The number of rotatable bonds is 3. The minimum atomic E-state index is -3.69. The van der Waals surface area contributed by atoms with Crippen LogP contribution in [0.2, 0.25) is 5.02 Å². The standard InChI is InChI=1S/C20H21ClN2O3S/c1-14-12-15-6-2-3-7-18(15)23(14)20(24)16-8-9-17(21)19(13-16)27(25,26)22-10-4-5-11-22/h2-3,6-9,13-14H,4-5,10-12H2,1H3/t14-/m0/s1. The third kappa shape index (κ3) is 3.16. The maximum atomic E-state index is 13.2. The van der Waals surface area contributed by atoms with Crippen molar-refractivity contribution in [3.05, 3.63) is 58.6 Å². The highest BCUT2D eigenvalue weighted by Gasteiger charge is 2.33.